The SMILES string of the molecule is CCC(Oc1ccc(F)cc1)C(=O)Nc1nonc1-c1ccc2c(c1)CCCC2. The van der Waals surface area contributed by atoms with Gasteiger partial charge in [-0.2, -0.15) is 0 Å². The van der Waals surface area contributed by atoms with Gasteiger partial charge in [-0.15, -0.1) is 0 Å². The molecular weight excluding hydrogens is 373 g/mol. The van der Waals surface area contributed by atoms with E-state index in [4.69, 9.17) is 9.37 Å². The number of nitrogens with zero attached hydrogens (tertiary/aromatic N) is 2. The van der Waals surface area contributed by atoms with Crippen molar-refractivity contribution in [1.82, 2.24) is 10.3 Å². The van der Waals surface area contributed by atoms with Crippen LogP contribution in [0.25, 0.3) is 11.3 Å². The molecule has 3 aromatic rings. The zero-order chi connectivity index (χ0) is 20.2. The predicted molar refractivity (Wildman–Crippen MR) is 106 cm³/mol. The summed E-state index contributed by atoms with van der Waals surface area (Å²) in [6.45, 7) is 1.83. The standard InChI is InChI=1S/C22H22FN3O3/c1-2-19(28-18-11-9-17(23)10-12-18)22(27)24-21-20(25-29-26-21)16-8-7-14-5-3-4-6-15(14)13-16/h7-13,19H,2-6H2,1H3,(H,24,26,27). The van der Waals surface area contributed by atoms with Gasteiger partial charge in [-0.05, 0) is 83.9 Å². The van der Waals surface area contributed by atoms with Crippen molar-refractivity contribution in [2.24, 2.45) is 0 Å². The Bertz CT molecular complexity index is 1000. The topological polar surface area (TPSA) is 77.2 Å². The first kappa shape index (κ1) is 19.1. The quantitative estimate of drug-likeness (QED) is 0.663. The summed E-state index contributed by atoms with van der Waals surface area (Å²) in [5.74, 6) is -0.0570. The minimum absolute atomic E-state index is 0.256. The average molecular weight is 395 g/mol. The highest BCUT2D eigenvalue weighted by Gasteiger charge is 2.23. The van der Waals surface area contributed by atoms with Crippen LogP contribution in [0.3, 0.4) is 0 Å². The summed E-state index contributed by atoms with van der Waals surface area (Å²) in [6.07, 6.45) is 4.20. The molecule has 1 amide bonds. The Balaban J connectivity index is 1.50. The zero-order valence-electron chi connectivity index (χ0n) is 16.2. The predicted octanol–water partition coefficient (Wildman–Crippen LogP) is 4.55. The first-order valence-corrected chi connectivity index (χ1v) is 9.82. The van der Waals surface area contributed by atoms with Crippen LogP contribution in [-0.2, 0) is 17.6 Å². The number of fused-ring (bicyclic) bond motifs is 1. The van der Waals surface area contributed by atoms with E-state index < -0.39 is 6.10 Å². The van der Waals surface area contributed by atoms with E-state index in [1.807, 2.05) is 13.0 Å². The fourth-order valence-electron chi connectivity index (χ4n) is 3.54. The number of anilines is 1. The Labute approximate surface area is 168 Å². The third kappa shape index (κ3) is 4.29. The van der Waals surface area contributed by atoms with Crippen LogP contribution in [0, 0.1) is 5.82 Å². The molecule has 0 bridgehead atoms. The molecule has 0 spiro atoms. The molecule has 0 radical (unpaired) electrons. The van der Waals surface area contributed by atoms with E-state index in [2.05, 4.69) is 27.8 Å². The lowest BCUT2D eigenvalue weighted by molar-refractivity contribution is -0.122. The number of aromatic nitrogens is 2. The number of nitrogens with one attached hydrogen (secondary N) is 1. The number of amides is 1. The third-order valence-electron chi connectivity index (χ3n) is 5.11. The molecule has 1 aromatic heterocycles. The van der Waals surface area contributed by atoms with Crippen LogP contribution < -0.4 is 10.1 Å². The molecule has 6 nitrogen and oxygen atoms in total. The van der Waals surface area contributed by atoms with Crippen molar-refractivity contribution in [3.8, 4) is 17.0 Å². The second-order valence-corrected chi connectivity index (χ2v) is 7.11. The Hall–Kier alpha value is -3.22. The zero-order valence-corrected chi connectivity index (χ0v) is 16.2. The molecule has 1 heterocycles. The lowest BCUT2D eigenvalue weighted by Gasteiger charge is -2.17. The number of halogens is 1. The number of aryl methyl sites for hydroxylation is 2. The van der Waals surface area contributed by atoms with Crippen LogP contribution in [0.4, 0.5) is 10.2 Å². The second kappa shape index (κ2) is 8.43. The van der Waals surface area contributed by atoms with Crippen LogP contribution in [0.2, 0.25) is 0 Å². The first-order chi connectivity index (χ1) is 14.1. The van der Waals surface area contributed by atoms with Gasteiger partial charge in [0.05, 0.1) is 0 Å². The first-order valence-electron chi connectivity index (χ1n) is 9.82. The Morgan fingerprint density at radius 1 is 1.14 bits per heavy atom. The van der Waals surface area contributed by atoms with E-state index >= 15 is 0 Å². The van der Waals surface area contributed by atoms with Crippen molar-refractivity contribution < 1.29 is 18.6 Å². The van der Waals surface area contributed by atoms with Crippen LogP contribution in [-0.4, -0.2) is 22.3 Å². The van der Waals surface area contributed by atoms with Gasteiger partial charge in [0.1, 0.15) is 11.6 Å². The van der Waals surface area contributed by atoms with Gasteiger partial charge >= 0.3 is 0 Å². The molecule has 150 valence electrons. The van der Waals surface area contributed by atoms with Crippen molar-refractivity contribution in [1.29, 1.82) is 0 Å². The summed E-state index contributed by atoms with van der Waals surface area (Å²) >= 11 is 0. The molecule has 2 aromatic carbocycles. The van der Waals surface area contributed by atoms with Crippen LogP contribution >= 0.6 is 0 Å². The van der Waals surface area contributed by atoms with Gasteiger partial charge in [0.2, 0.25) is 5.82 Å². The van der Waals surface area contributed by atoms with Crippen LogP contribution in [0.1, 0.15) is 37.3 Å². The van der Waals surface area contributed by atoms with Gasteiger partial charge < -0.3 is 10.1 Å². The molecule has 1 atom stereocenters. The van der Waals surface area contributed by atoms with Gasteiger partial charge in [0.15, 0.2) is 11.8 Å². The number of carbonyl (C=O) groups is 1. The smallest absolute Gasteiger partial charge is 0.266 e. The van der Waals surface area contributed by atoms with Gasteiger partial charge in [0.25, 0.3) is 5.91 Å². The van der Waals surface area contributed by atoms with E-state index in [9.17, 15) is 9.18 Å². The molecule has 0 aliphatic heterocycles. The molecule has 0 saturated carbocycles. The number of benzene rings is 2. The van der Waals surface area contributed by atoms with E-state index in [1.54, 1.807) is 0 Å². The molecule has 0 saturated heterocycles. The van der Waals surface area contributed by atoms with Crippen molar-refractivity contribution in [3.63, 3.8) is 0 Å². The number of rotatable bonds is 6. The minimum Gasteiger partial charge on any atom is -0.481 e. The Morgan fingerprint density at radius 3 is 2.66 bits per heavy atom. The highest BCUT2D eigenvalue weighted by atomic mass is 19.1. The summed E-state index contributed by atoms with van der Waals surface area (Å²) in [7, 11) is 0. The number of carbonyl (C=O) groups excluding carboxylic acids is 1. The summed E-state index contributed by atoms with van der Waals surface area (Å²) in [5.41, 5.74) is 4.01. The molecule has 7 heteroatoms. The Morgan fingerprint density at radius 2 is 1.90 bits per heavy atom. The van der Waals surface area contributed by atoms with E-state index in [-0.39, 0.29) is 17.5 Å². The van der Waals surface area contributed by atoms with Gasteiger partial charge in [-0.25, -0.2) is 9.02 Å². The van der Waals surface area contributed by atoms with E-state index in [1.165, 1.54) is 48.2 Å². The molecule has 1 N–H and O–H groups in total. The summed E-state index contributed by atoms with van der Waals surface area (Å²) < 4.78 is 23.7. The number of hydrogen-bond donors (Lipinski definition) is 1. The van der Waals surface area contributed by atoms with Gasteiger partial charge in [-0.3, -0.25) is 4.79 Å². The minimum atomic E-state index is -0.756. The van der Waals surface area contributed by atoms with E-state index in [0.29, 0.717) is 17.9 Å². The summed E-state index contributed by atoms with van der Waals surface area (Å²) in [6, 6.07) is 11.7. The van der Waals surface area contributed by atoms with Crippen molar-refractivity contribution >= 4 is 11.7 Å². The fraction of sp³-hybridized carbons (Fsp3) is 0.318. The van der Waals surface area contributed by atoms with Gasteiger partial charge in [-0.1, -0.05) is 19.1 Å². The maximum Gasteiger partial charge on any atom is 0.266 e. The van der Waals surface area contributed by atoms with Gasteiger partial charge in [0, 0.05) is 5.56 Å². The Kier molecular flexibility index (Phi) is 5.55. The largest absolute Gasteiger partial charge is 0.481 e. The summed E-state index contributed by atoms with van der Waals surface area (Å²) in [4.78, 5) is 12.7. The normalized spacial score (nSPS) is 14.1. The van der Waals surface area contributed by atoms with Crippen molar-refractivity contribution in [2.45, 2.75) is 45.1 Å². The second-order valence-electron chi connectivity index (χ2n) is 7.11. The van der Waals surface area contributed by atoms with Crippen molar-refractivity contribution in [3.05, 3.63) is 59.4 Å². The number of hydrogen-bond acceptors (Lipinski definition) is 5. The molecule has 1 unspecified atom stereocenters. The summed E-state index contributed by atoms with van der Waals surface area (Å²) in [5, 5.41) is 10.6. The molecule has 4 rings (SSSR count). The number of ether oxygens (including phenoxy) is 1. The van der Waals surface area contributed by atoms with Crippen molar-refractivity contribution in [2.75, 3.05) is 5.32 Å². The highest BCUT2D eigenvalue weighted by Crippen LogP contribution is 2.30. The fourth-order valence-corrected chi connectivity index (χ4v) is 3.54. The van der Waals surface area contributed by atoms with Crippen LogP contribution in [0.5, 0.6) is 5.75 Å². The lowest BCUT2D eigenvalue weighted by atomic mass is 9.90. The van der Waals surface area contributed by atoms with Crippen LogP contribution in [0.15, 0.2) is 47.1 Å². The third-order valence-corrected chi connectivity index (χ3v) is 5.11. The molecule has 1 aliphatic rings. The lowest BCUT2D eigenvalue weighted by Crippen LogP contribution is -2.32. The maximum atomic E-state index is 13.1. The monoisotopic (exact) mass is 395 g/mol. The molecule has 1 aliphatic carbocycles. The molecule has 29 heavy (non-hydrogen) atoms. The maximum absolute atomic E-state index is 13.1. The molecular formula is C22H22FN3O3. The van der Waals surface area contributed by atoms with E-state index in [0.717, 1.165) is 18.4 Å². The highest BCUT2D eigenvalue weighted by molar-refractivity contribution is 5.96. The molecule has 0 fully saturated rings. The average Bonchev–Trinajstić information content (AvgIpc) is 3.21.